The summed E-state index contributed by atoms with van der Waals surface area (Å²) in [5.41, 5.74) is 5.12. The Kier molecular flexibility index (Phi) is 4.81. The molecule has 37 heavy (non-hydrogen) atoms. The number of anilines is 1. The number of nitrogens with zero attached hydrogens (tertiary/aromatic N) is 1. The first kappa shape index (κ1) is 22.2. The van der Waals surface area contributed by atoms with Gasteiger partial charge in [-0.15, -0.1) is 0 Å². The number of benzene rings is 3. The van der Waals surface area contributed by atoms with Crippen LogP contribution in [0.15, 0.2) is 78.9 Å². The van der Waals surface area contributed by atoms with Crippen molar-refractivity contribution in [2.24, 2.45) is 35.5 Å². The van der Waals surface area contributed by atoms with Crippen LogP contribution in [0.25, 0.3) is 11.1 Å². The smallest absolute Gasteiger partial charge is 0.343 e. The number of hydrogen-bond donors (Lipinski definition) is 0. The van der Waals surface area contributed by atoms with Gasteiger partial charge in [0.15, 0.2) is 0 Å². The van der Waals surface area contributed by atoms with Crippen molar-refractivity contribution in [1.29, 1.82) is 0 Å². The Morgan fingerprint density at radius 3 is 1.97 bits per heavy atom. The van der Waals surface area contributed by atoms with Gasteiger partial charge in [-0.1, -0.05) is 48.0 Å². The van der Waals surface area contributed by atoms with Crippen LogP contribution in [0, 0.1) is 49.4 Å². The molecule has 8 rings (SSSR count). The van der Waals surface area contributed by atoms with Crippen LogP contribution >= 0.6 is 0 Å². The van der Waals surface area contributed by atoms with Crippen molar-refractivity contribution in [3.8, 4) is 16.9 Å². The fourth-order valence-electron chi connectivity index (χ4n) is 6.81. The summed E-state index contributed by atoms with van der Waals surface area (Å²) in [6.07, 6.45) is 5.48. The van der Waals surface area contributed by atoms with E-state index in [0.29, 0.717) is 28.8 Å². The van der Waals surface area contributed by atoms with Gasteiger partial charge < -0.3 is 4.74 Å². The first-order valence-corrected chi connectivity index (χ1v) is 13.0. The molecule has 1 aliphatic heterocycles. The molecule has 5 heteroatoms. The minimum atomic E-state index is -0.479. The molecule has 0 N–H and O–H groups in total. The number of carbonyl (C=O) groups is 3. The molecule has 1 saturated heterocycles. The SMILES string of the molecule is Cc1ccc(-c2ccc(OC(=O)c3ccc(N4C(=O)[C@@H]5[C@@H]6C=C[C@H]([C@H]7C[C@H]67)[C@@H]5C4=O)cc3)c(C)c2)cc1. The fourth-order valence-corrected chi connectivity index (χ4v) is 6.81. The molecule has 3 aromatic carbocycles. The summed E-state index contributed by atoms with van der Waals surface area (Å²) in [4.78, 5) is 40.9. The van der Waals surface area contributed by atoms with Gasteiger partial charge in [0.25, 0.3) is 0 Å². The van der Waals surface area contributed by atoms with E-state index in [-0.39, 0.29) is 35.5 Å². The van der Waals surface area contributed by atoms with E-state index in [2.05, 4.69) is 43.3 Å². The third-order valence-corrected chi connectivity index (χ3v) is 8.79. The lowest BCUT2D eigenvalue weighted by molar-refractivity contribution is -0.124. The lowest BCUT2D eigenvalue weighted by Gasteiger charge is -2.37. The lowest BCUT2D eigenvalue weighted by atomic mass is 9.63. The second-order valence-electron chi connectivity index (χ2n) is 10.9. The van der Waals surface area contributed by atoms with E-state index in [1.807, 2.05) is 25.1 Å². The summed E-state index contributed by atoms with van der Waals surface area (Å²) in [5, 5.41) is 0. The van der Waals surface area contributed by atoms with Gasteiger partial charge in [-0.2, -0.15) is 0 Å². The van der Waals surface area contributed by atoms with Crippen LogP contribution in [0.4, 0.5) is 5.69 Å². The number of imide groups is 1. The topological polar surface area (TPSA) is 63.7 Å². The Bertz CT molecular complexity index is 1450. The Morgan fingerprint density at radius 1 is 0.784 bits per heavy atom. The molecule has 184 valence electrons. The minimum Gasteiger partial charge on any atom is -0.423 e. The van der Waals surface area contributed by atoms with Gasteiger partial charge in [0.05, 0.1) is 23.1 Å². The molecule has 2 amide bonds. The van der Waals surface area contributed by atoms with Gasteiger partial charge in [-0.25, -0.2) is 4.79 Å². The molecule has 6 atom stereocenters. The van der Waals surface area contributed by atoms with Gasteiger partial charge in [0.1, 0.15) is 5.75 Å². The van der Waals surface area contributed by atoms with Crippen molar-refractivity contribution >= 4 is 23.5 Å². The van der Waals surface area contributed by atoms with Crippen molar-refractivity contribution < 1.29 is 19.1 Å². The third kappa shape index (κ3) is 3.41. The van der Waals surface area contributed by atoms with Crippen LogP contribution in [-0.2, 0) is 9.59 Å². The number of rotatable bonds is 4. The van der Waals surface area contributed by atoms with E-state index in [0.717, 1.165) is 23.1 Å². The van der Waals surface area contributed by atoms with Gasteiger partial charge >= 0.3 is 5.97 Å². The lowest BCUT2D eigenvalue weighted by Crippen LogP contribution is -2.40. The molecule has 3 fully saturated rings. The van der Waals surface area contributed by atoms with Crippen LogP contribution in [0.5, 0.6) is 5.75 Å². The van der Waals surface area contributed by atoms with Crippen molar-refractivity contribution in [2.45, 2.75) is 20.3 Å². The largest absolute Gasteiger partial charge is 0.423 e. The van der Waals surface area contributed by atoms with E-state index in [9.17, 15) is 14.4 Å². The predicted octanol–water partition coefficient (Wildman–Crippen LogP) is 5.75. The Hall–Kier alpha value is -3.99. The molecule has 3 aromatic rings. The van der Waals surface area contributed by atoms with E-state index in [1.54, 1.807) is 24.3 Å². The Morgan fingerprint density at radius 2 is 1.38 bits per heavy atom. The number of amides is 2. The van der Waals surface area contributed by atoms with Crippen LogP contribution in [0.3, 0.4) is 0 Å². The highest BCUT2D eigenvalue weighted by Gasteiger charge is 2.67. The third-order valence-electron chi connectivity index (χ3n) is 8.79. The van der Waals surface area contributed by atoms with Crippen LogP contribution < -0.4 is 9.64 Å². The average molecular weight is 490 g/mol. The summed E-state index contributed by atoms with van der Waals surface area (Å²) in [6, 6.07) is 20.7. The standard InChI is InChI=1S/C32H27NO4/c1-17-3-5-19(6-4-17)21-9-14-27(18(2)15-21)37-32(36)20-7-10-22(11-8-20)33-30(34)28-23-12-13-24(26-16-25(23)26)29(28)31(33)35/h3-15,23-26,28-29H,16H2,1-2H3/t23-,24-,25-,26-,28-,29+/m1/s1. The van der Waals surface area contributed by atoms with Crippen molar-refractivity contribution in [2.75, 3.05) is 4.90 Å². The number of hydrogen-bond acceptors (Lipinski definition) is 4. The molecule has 4 aliphatic carbocycles. The van der Waals surface area contributed by atoms with E-state index >= 15 is 0 Å². The zero-order chi connectivity index (χ0) is 25.4. The maximum atomic E-state index is 13.3. The summed E-state index contributed by atoms with van der Waals surface area (Å²) in [7, 11) is 0. The molecule has 0 aromatic heterocycles. The number of aryl methyl sites for hydroxylation is 2. The first-order valence-electron chi connectivity index (χ1n) is 13.0. The molecule has 0 radical (unpaired) electrons. The zero-order valence-electron chi connectivity index (χ0n) is 20.8. The summed E-state index contributed by atoms with van der Waals surface area (Å²) >= 11 is 0. The number of esters is 1. The molecule has 2 saturated carbocycles. The summed E-state index contributed by atoms with van der Waals surface area (Å²) in [6.45, 7) is 3.97. The van der Waals surface area contributed by atoms with Gasteiger partial charge in [0.2, 0.25) is 11.8 Å². The van der Waals surface area contributed by atoms with Crippen LogP contribution in [0.1, 0.15) is 27.9 Å². The molecule has 0 unspecified atom stereocenters. The van der Waals surface area contributed by atoms with E-state index in [1.165, 1.54) is 10.5 Å². The zero-order valence-corrected chi connectivity index (χ0v) is 20.8. The van der Waals surface area contributed by atoms with Crippen LogP contribution in [0.2, 0.25) is 0 Å². The van der Waals surface area contributed by atoms with Crippen molar-refractivity contribution in [3.05, 3.63) is 95.6 Å². The second-order valence-corrected chi connectivity index (χ2v) is 10.9. The normalized spacial score (nSPS) is 28.8. The fraction of sp³-hybridized carbons (Fsp3) is 0.281. The highest BCUT2D eigenvalue weighted by atomic mass is 16.5. The molecule has 5 aliphatic rings. The van der Waals surface area contributed by atoms with Crippen molar-refractivity contribution in [3.63, 3.8) is 0 Å². The summed E-state index contributed by atoms with van der Waals surface area (Å²) < 4.78 is 5.68. The molecule has 2 bridgehead atoms. The molecular weight excluding hydrogens is 462 g/mol. The Labute approximate surface area is 215 Å². The molecule has 5 nitrogen and oxygen atoms in total. The molecule has 1 heterocycles. The highest BCUT2D eigenvalue weighted by molar-refractivity contribution is 6.22. The predicted molar refractivity (Wildman–Crippen MR) is 140 cm³/mol. The quantitative estimate of drug-likeness (QED) is 0.203. The number of allylic oxidation sites excluding steroid dienone is 2. The Balaban J connectivity index is 1.07. The maximum Gasteiger partial charge on any atom is 0.343 e. The monoisotopic (exact) mass is 489 g/mol. The highest BCUT2D eigenvalue weighted by Crippen LogP contribution is 2.65. The number of ether oxygens (including phenoxy) is 1. The van der Waals surface area contributed by atoms with Gasteiger partial charge in [0, 0.05) is 0 Å². The molecule has 0 spiro atoms. The second kappa shape index (κ2) is 8.01. The first-order chi connectivity index (χ1) is 17.9. The van der Waals surface area contributed by atoms with Gasteiger partial charge in [-0.05, 0) is 97.0 Å². The summed E-state index contributed by atoms with van der Waals surface area (Å²) in [5.74, 6) is 0.877. The van der Waals surface area contributed by atoms with Gasteiger partial charge in [-0.3, -0.25) is 14.5 Å². The van der Waals surface area contributed by atoms with E-state index in [4.69, 9.17) is 4.74 Å². The maximum absolute atomic E-state index is 13.3. The average Bonchev–Trinajstić information content (AvgIpc) is 3.69. The number of carbonyl (C=O) groups excluding carboxylic acids is 3. The van der Waals surface area contributed by atoms with E-state index < -0.39 is 5.97 Å². The van der Waals surface area contributed by atoms with Crippen LogP contribution in [-0.4, -0.2) is 17.8 Å². The minimum absolute atomic E-state index is 0.0979. The van der Waals surface area contributed by atoms with Crippen molar-refractivity contribution in [1.82, 2.24) is 0 Å². The molecular formula is C32H27NO4.